The summed E-state index contributed by atoms with van der Waals surface area (Å²) >= 11 is 6.16. The predicted octanol–water partition coefficient (Wildman–Crippen LogP) is 2.36. The van der Waals surface area contributed by atoms with E-state index in [1.165, 1.54) is 25.8 Å². The molecular formula is C12H22ClNO. The molecule has 1 aliphatic carbocycles. The first-order valence-electron chi connectivity index (χ1n) is 6.20. The van der Waals surface area contributed by atoms with Crippen molar-refractivity contribution in [3.63, 3.8) is 0 Å². The Labute approximate surface area is 97.9 Å². The molecule has 0 aromatic rings. The van der Waals surface area contributed by atoms with Gasteiger partial charge >= 0.3 is 0 Å². The zero-order valence-electron chi connectivity index (χ0n) is 9.62. The van der Waals surface area contributed by atoms with Crippen LogP contribution in [0.2, 0.25) is 0 Å². The second-order valence-corrected chi connectivity index (χ2v) is 5.72. The Kier molecular flexibility index (Phi) is 4.30. The van der Waals surface area contributed by atoms with Crippen LogP contribution in [0.25, 0.3) is 0 Å². The van der Waals surface area contributed by atoms with Crippen molar-refractivity contribution in [2.24, 2.45) is 11.8 Å². The van der Waals surface area contributed by atoms with Gasteiger partial charge in [0.2, 0.25) is 0 Å². The van der Waals surface area contributed by atoms with E-state index in [0.717, 1.165) is 38.1 Å². The van der Waals surface area contributed by atoms with E-state index >= 15 is 0 Å². The predicted molar refractivity (Wildman–Crippen MR) is 63.4 cm³/mol. The molecule has 0 bridgehead atoms. The smallest absolute Gasteiger partial charge is 0.0696 e. The van der Waals surface area contributed by atoms with E-state index in [1.54, 1.807) is 0 Å². The van der Waals surface area contributed by atoms with Crippen molar-refractivity contribution in [1.82, 2.24) is 4.90 Å². The normalized spacial score (nSPS) is 32.0. The summed E-state index contributed by atoms with van der Waals surface area (Å²) in [5, 5.41) is 0.182. The minimum atomic E-state index is 0.182. The van der Waals surface area contributed by atoms with Crippen LogP contribution in [0.5, 0.6) is 0 Å². The number of hydrogen-bond acceptors (Lipinski definition) is 2. The van der Waals surface area contributed by atoms with Gasteiger partial charge in [-0.2, -0.15) is 0 Å². The highest BCUT2D eigenvalue weighted by molar-refractivity contribution is 6.20. The number of alkyl halides is 1. The molecule has 0 aromatic heterocycles. The molecule has 2 rings (SSSR count). The SMILES string of the molecule is CC(CN1CCOCC(Cl)C1)C1CCC1. The van der Waals surface area contributed by atoms with Gasteiger partial charge < -0.3 is 4.74 Å². The molecule has 2 fully saturated rings. The topological polar surface area (TPSA) is 12.5 Å². The van der Waals surface area contributed by atoms with Gasteiger partial charge in [0.1, 0.15) is 0 Å². The van der Waals surface area contributed by atoms with Gasteiger partial charge in [-0.25, -0.2) is 0 Å². The third-order valence-electron chi connectivity index (χ3n) is 3.81. The number of ether oxygens (including phenoxy) is 1. The Balaban J connectivity index is 1.76. The maximum atomic E-state index is 6.16. The molecule has 2 unspecified atom stereocenters. The summed E-state index contributed by atoms with van der Waals surface area (Å²) in [7, 11) is 0. The van der Waals surface area contributed by atoms with Crippen molar-refractivity contribution in [3.8, 4) is 0 Å². The fraction of sp³-hybridized carbons (Fsp3) is 1.00. The summed E-state index contributed by atoms with van der Waals surface area (Å²) in [6, 6.07) is 0. The summed E-state index contributed by atoms with van der Waals surface area (Å²) in [6.45, 7) is 7.21. The van der Waals surface area contributed by atoms with E-state index in [2.05, 4.69) is 11.8 Å². The Morgan fingerprint density at radius 1 is 1.47 bits per heavy atom. The minimum Gasteiger partial charge on any atom is -0.379 e. The lowest BCUT2D eigenvalue weighted by Gasteiger charge is -2.34. The molecule has 0 spiro atoms. The first-order chi connectivity index (χ1) is 7.25. The summed E-state index contributed by atoms with van der Waals surface area (Å²) in [4.78, 5) is 2.48. The molecule has 0 N–H and O–H groups in total. The second kappa shape index (κ2) is 5.51. The zero-order chi connectivity index (χ0) is 10.7. The maximum absolute atomic E-state index is 6.16. The third-order valence-corrected chi connectivity index (χ3v) is 4.07. The van der Waals surface area contributed by atoms with Crippen molar-refractivity contribution in [2.45, 2.75) is 31.6 Å². The fourth-order valence-corrected chi connectivity index (χ4v) is 2.84. The molecule has 88 valence electrons. The van der Waals surface area contributed by atoms with Gasteiger partial charge in [-0.1, -0.05) is 26.2 Å². The number of nitrogens with zero attached hydrogens (tertiary/aromatic N) is 1. The Morgan fingerprint density at radius 3 is 2.93 bits per heavy atom. The average molecular weight is 232 g/mol. The van der Waals surface area contributed by atoms with Gasteiger partial charge in [-0.05, 0) is 11.8 Å². The maximum Gasteiger partial charge on any atom is 0.0696 e. The van der Waals surface area contributed by atoms with Gasteiger partial charge in [0.25, 0.3) is 0 Å². The highest BCUT2D eigenvalue weighted by atomic mass is 35.5. The van der Waals surface area contributed by atoms with Crippen molar-refractivity contribution >= 4 is 11.6 Å². The van der Waals surface area contributed by atoms with Crippen LogP contribution in [0.3, 0.4) is 0 Å². The Bertz CT molecular complexity index is 196. The monoisotopic (exact) mass is 231 g/mol. The molecule has 0 radical (unpaired) electrons. The van der Waals surface area contributed by atoms with E-state index < -0.39 is 0 Å². The van der Waals surface area contributed by atoms with Gasteiger partial charge in [-0.3, -0.25) is 4.90 Å². The number of hydrogen-bond donors (Lipinski definition) is 0. The van der Waals surface area contributed by atoms with Gasteiger partial charge in [0.05, 0.1) is 18.6 Å². The second-order valence-electron chi connectivity index (χ2n) is 5.10. The molecule has 0 aromatic carbocycles. The van der Waals surface area contributed by atoms with Crippen LogP contribution < -0.4 is 0 Å². The first-order valence-corrected chi connectivity index (χ1v) is 6.63. The lowest BCUT2D eigenvalue weighted by molar-refractivity contribution is 0.126. The van der Waals surface area contributed by atoms with Crippen LogP contribution in [0.15, 0.2) is 0 Å². The summed E-state index contributed by atoms with van der Waals surface area (Å²) < 4.78 is 5.45. The van der Waals surface area contributed by atoms with E-state index in [1.807, 2.05) is 0 Å². The molecule has 2 nitrogen and oxygen atoms in total. The number of rotatable bonds is 3. The Hall–Kier alpha value is 0.210. The molecule has 1 aliphatic heterocycles. The molecule has 2 aliphatic rings. The summed E-state index contributed by atoms with van der Waals surface area (Å²) in [5.74, 6) is 1.81. The fourth-order valence-electron chi connectivity index (χ4n) is 2.56. The molecule has 1 saturated carbocycles. The Morgan fingerprint density at radius 2 is 2.27 bits per heavy atom. The lowest BCUT2D eigenvalue weighted by atomic mass is 9.76. The molecule has 0 amide bonds. The molecule has 1 saturated heterocycles. The molecule has 15 heavy (non-hydrogen) atoms. The first kappa shape index (κ1) is 11.7. The highest BCUT2D eigenvalue weighted by Gasteiger charge is 2.26. The van der Waals surface area contributed by atoms with E-state index in [9.17, 15) is 0 Å². The van der Waals surface area contributed by atoms with Crippen LogP contribution in [0.1, 0.15) is 26.2 Å². The van der Waals surface area contributed by atoms with Crippen LogP contribution >= 0.6 is 11.6 Å². The molecule has 1 heterocycles. The van der Waals surface area contributed by atoms with Crippen LogP contribution in [0.4, 0.5) is 0 Å². The van der Waals surface area contributed by atoms with Gasteiger partial charge in [-0.15, -0.1) is 11.6 Å². The van der Waals surface area contributed by atoms with E-state index in [-0.39, 0.29) is 5.38 Å². The van der Waals surface area contributed by atoms with Crippen LogP contribution in [0, 0.1) is 11.8 Å². The van der Waals surface area contributed by atoms with Crippen molar-refractivity contribution < 1.29 is 4.74 Å². The molecular weight excluding hydrogens is 210 g/mol. The lowest BCUT2D eigenvalue weighted by Crippen LogP contribution is -2.37. The standard InChI is InChI=1S/C12H22ClNO/c1-10(11-3-2-4-11)7-14-5-6-15-9-12(13)8-14/h10-12H,2-9H2,1H3. The molecule has 3 heteroatoms. The van der Waals surface area contributed by atoms with Crippen molar-refractivity contribution in [3.05, 3.63) is 0 Å². The number of halogens is 1. The van der Waals surface area contributed by atoms with Crippen molar-refractivity contribution in [2.75, 3.05) is 32.8 Å². The van der Waals surface area contributed by atoms with E-state index in [4.69, 9.17) is 16.3 Å². The van der Waals surface area contributed by atoms with E-state index in [0.29, 0.717) is 0 Å². The van der Waals surface area contributed by atoms with Gasteiger partial charge in [0.15, 0.2) is 0 Å². The summed E-state index contributed by atoms with van der Waals surface area (Å²) in [5.41, 5.74) is 0. The largest absolute Gasteiger partial charge is 0.379 e. The minimum absolute atomic E-state index is 0.182. The molecule has 2 atom stereocenters. The van der Waals surface area contributed by atoms with Crippen LogP contribution in [-0.4, -0.2) is 43.1 Å². The quantitative estimate of drug-likeness (QED) is 0.692. The zero-order valence-corrected chi connectivity index (χ0v) is 10.4. The summed E-state index contributed by atoms with van der Waals surface area (Å²) in [6.07, 6.45) is 4.32. The third kappa shape index (κ3) is 3.33. The highest BCUT2D eigenvalue weighted by Crippen LogP contribution is 2.33. The average Bonchev–Trinajstić information content (AvgIpc) is 2.26. The van der Waals surface area contributed by atoms with Crippen LogP contribution in [-0.2, 0) is 4.74 Å². The van der Waals surface area contributed by atoms with Gasteiger partial charge in [0, 0.05) is 19.6 Å². The van der Waals surface area contributed by atoms with Crippen molar-refractivity contribution in [1.29, 1.82) is 0 Å².